The van der Waals surface area contributed by atoms with Crippen LogP contribution in [0.5, 0.6) is 0 Å². The SMILES string of the molecule is CC1(C)C2CCC(C(=O)O)C1C(=O)C2. The van der Waals surface area contributed by atoms with E-state index >= 15 is 0 Å². The Kier molecular flexibility index (Phi) is 1.95. The van der Waals surface area contributed by atoms with E-state index in [-0.39, 0.29) is 17.1 Å². The molecule has 0 heterocycles. The molecule has 0 aromatic carbocycles. The highest BCUT2D eigenvalue weighted by Crippen LogP contribution is 2.55. The molecule has 3 heteroatoms. The van der Waals surface area contributed by atoms with Crippen molar-refractivity contribution in [2.45, 2.75) is 33.1 Å². The monoisotopic (exact) mass is 196 g/mol. The molecule has 3 nitrogen and oxygen atoms in total. The van der Waals surface area contributed by atoms with Crippen LogP contribution >= 0.6 is 0 Å². The maximum absolute atomic E-state index is 11.7. The molecular weight excluding hydrogens is 180 g/mol. The number of hydrogen-bond donors (Lipinski definition) is 1. The average molecular weight is 196 g/mol. The van der Waals surface area contributed by atoms with Crippen LogP contribution in [0, 0.1) is 23.2 Å². The Hall–Kier alpha value is -0.860. The molecule has 0 radical (unpaired) electrons. The van der Waals surface area contributed by atoms with Crippen LogP contribution in [0.3, 0.4) is 0 Å². The molecule has 2 saturated carbocycles. The first kappa shape index (κ1) is 9.69. The largest absolute Gasteiger partial charge is 0.481 e. The molecule has 78 valence electrons. The van der Waals surface area contributed by atoms with Gasteiger partial charge in [0.25, 0.3) is 0 Å². The molecule has 2 bridgehead atoms. The highest BCUT2D eigenvalue weighted by molar-refractivity contribution is 5.89. The number of carbonyl (C=O) groups excluding carboxylic acids is 1. The van der Waals surface area contributed by atoms with Crippen LogP contribution in [-0.2, 0) is 9.59 Å². The second-order valence-electron chi connectivity index (χ2n) is 5.19. The normalized spacial score (nSPS) is 39.9. The summed E-state index contributed by atoms with van der Waals surface area (Å²) in [6, 6.07) is 0. The second kappa shape index (κ2) is 2.81. The van der Waals surface area contributed by atoms with E-state index in [4.69, 9.17) is 5.11 Å². The van der Waals surface area contributed by atoms with Crippen molar-refractivity contribution in [1.82, 2.24) is 0 Å². The van der Waals surface area contributed by atoms with Crippen molar-refractivity contribution >= 4 is 11.8 Å². The maximum Gasteiger partial charge on any atom is 0.307 e. The van der Waals surface area contributed by atoms with Crippen molar-refractivity contribution in [2.75, 3.05) is 0 Å². The molecule has 2 aliphatic rings. The number of carbonyl (C=O) groups is 2. The molecule has 14 heavy (non-hydrogen) atoms. The fourth-order valence-corrected chi connectivity index (χ4v) is 3.33. The minimum absolute atomic E-state index is 0.0988. The summed E-state index contributed by atoms with van der Waals surface area (Å²) in [7, 11) is 0. The topological polar surface area (TPSA) is 54.4 Å². The van der Waals surface area contributed by atoms with Crippen LogP contribution in [0.4, 0.5) is 0 Å². The highest BCUT2D eigenvalue weighted by Gasteiger charge is 2.56. The van der Waals surface area contributed by atoms with E-state index in [2.05, 4.69) is 0 Å². The Morgan fingerprint density at radius 3 is 2.64 bits per heavy atom. The summed E-state index contributed by atoms with van der Waals surface area (Å²) in [6.45, 7) is 4.09. The molecule has 3 unspecified atom stereocenters. The molecular formula is C11H16O3. The maximum atomic E-state index is 11.7. The van der Waals surface area contributed by atoms with Gasteiger partial charge >= 0.3 is 5.97 Å². The number of hydrogen-bond acceptors (Lipinski definition) is 2. The van der Waals surface area contributed by atoms with Gasteiger partial charge in [0, 0.05) is 12.3 Å². The zero-order valence-electron chi connectivity index (χ0n) is 8.62. The Morgan fingerprint density at radius 1 is 1.43 bits per heavy atom. The first-order valence-corrected chi connectivity index (χ1v) is 5.20. The van der Waals surface area contributed by atoms with Crippen LogP contribution in [0.1, 0.15) is 33.1 Å². The number of carboxylic acids is 1. The molecule has 0 aromatic rings. The van der Waals surface area contributed by atoms with Gasteiger partial charge in [-0.2, -0.15) is 0 Å². The van der Waals surface area contributed by atoms with Crippen LogP contribution in [0.25, 0.3) is 0 Å². The van der Waals surface area contributed by atoms with Gasteiger partial charge in [-0.3, -0.25) is 9.59 Å². The Balaban J connectivity index is 2.36. The quantitative estimate of drug-likeness (QED) is 0.694. The van der Waals surface area contributed by atoms with Gasteiger partial charge in [0.1, 0.15) is 5.78 Å². The van der Waals surface area contributed by atoms with Gasteiger partial charge in [0.2, 0.25) is 0 Å². The lowest BCUT2D eigenvalue weighted by Gasteiger charge is -2.39. The molecule has 0 saturated heterocycles. The van der Waals surface area contributed by atoms with Crippen LogP contribution in [-0.4, -0.2) is 16.9 Å². The third kappa shape index (κ3) is 1.11. The summed E-state index contributed by atoms with van der Waals surface area (Å²) >= 11 is 0. The fraction of sp³-hybridized carbons (Fsp3) is 0.818. The average Bonchev–Trinajstić information content (AvgIpc) is 2.24. The zero-order chi connectivity index (χ0) is 10.5. The molecule has 0 aliphatic heterocycles. The summed E-state index contributed by atoms with van der Waals surface area (Å²) in [5.41, 5.74) is -0.0988. The lowest BCUT2D eigenvalue weighted by atomic mass is 9.63. The number of fused-ring (bicyclic) bond motifs is 2. The van der Waals surface area contributed by atoms with Crippen LogP contribution in [0.2, 0.25) is 0 Å². The lowest BCUT2D eigenvalue weighted by molar-refractivity contribution is -0.150. The summed E-state index contributed by atoms with van der Waals surface area (Å²) in [6.07, 6.45) is 2.17. The molecule has 0 aromatic heterocycles. The Bertz CT molecular complexity index is 293. The molecule has 1 N–H and O–H groups in total. The summed E-state index contributed by atoms with van der Waals surface area (Å²) in [5, 5.41) is 9.06. The lowest BCUT2D eigenvalue weighted by Crippen LogP contribution is -2.40. The number of Topliss-reactive ketones (excluding diaryl/α,β-unsaturated/α-hetero) is 1. The summed E-state index contributed by atoms with van der Waals surface area (Å²) in [5.74, 6) is -0.882. The molecule has 2 rings (SSSR count). The standard InChI is InChI=1S/C11H16O3/c1-11(2)6-3-4-7(10(13)14)9(11)8(12)5-6/h6-7,9H,3-5H2,1-2H3,(H,13,14). The van der Waals surface area contributed by atoms with Gasteiger partial charge in [-0.05, 0) is 24.2 Å². The molecule has 2 aliphatic carbocycles. The van der Waals surface area contributed by atoms with Gasteiger partial charge in [-0.1, -0.05) is 13.8 Å². The predicted octanol–water partition coefficient (Wildman–Crippen LogP) is 1.71. The van der Waals surface area contributed by atoms with Gasteiger partial charge in [0.05, 0.1) is 5.92 Å². The number of ketones is 1. The van der Waals surface area contributed by atoms with Crippen molar-refractivity contribution in [3.8, 4) is 0 Å². The number of rotatable bonds is 1. The third-order valence-corrected chi connectivity index (χ3v) is 4.19. The molecule has 0 amide bonds. The van der Waals surface area contributed by atoms with Crippen molar-refractivity contribution in [3.63, 3.8) is 0 Å². The van der Waals surface area contributed by atoms with Gasteiger partial charge in [-0.25, -0.2) is 0 Å². The Morgan fingerprint density at radius 2 is 2.07 bits per heavy atom. The predicted molar refractivity (Wildman–Crippen MR) is 50.7 cm³/mol. The first-order valence-electron chi connectivity index (χ1n) is 5.20. The number of carboxylic acid groups (broad SMARTS) is 1. The fourth-order valence-electron chi connectivity index (χ4n) is 3.33. The second-order valence-corrected chi connectivity index (χ2v) is 5.19. The molecule has 0 spiro atoms. The van der Waals surface area contributed by atoms with Crippen LogP contribution in [0.15, 0.2) is 0 Å². The first-order chi connectivity index (χ1) is 6.44. The van der Waals surface area contributed by atoms with E-state index in [1.54, 1.807) is 0 Å². The van der Waals surface area contributed by atoms with Crippen molar-refractivity contribution in [1.29, 1.82) is 0 Å². The van der Waals surface area contributed by atoms with E-state index in [1.807, 2.05) is 13.8 Å². The Labute approximate surface area is 83.5 Å². The highest BCUT2D eigenvalue weighted by atomic mass is 16.4. The zero-order valence-corrected chi connectivity index (χ0v) is 8.62. The number of aliphatic carboxylic acids is 1. The summed E-state index contributed by atoms with van der Waals surface area (Å²) < 4.78 is 0. The van der Waals surface area contributed by atoms with Crippen LogP contribution < -0.4 is 0 Å². The molecule has 2 fully saturated rings. The van der Waals surface area contributed by atoms with Crippen molar-refractivity contribution < 1.29 is 14.7 Å². The van der Waals surface area contributed by atoms with Gasteiger partial charge in [0.15, 0.2) is 0 Å². The minimum Gasteiger partial charge on any atom is -0.481 e. The molecule has 3 atom stereocenters. The van der Waals surface area contributed by atoms with Crippen molar-refractivity contribution in [3.05, 3.63) is 0 Å². The van der Waals surface area contributed by atoms with E-state index in [1.165, 1.54) is 0 Å². The van der Waals surface area contributed by atoms with E-state index < -0.39 is 11.9 Å². The van der Waals surface area contributed by atoms with E-state index in [0.717, 1.165) is 6.42 Å². The third-order valence-electron chi connectivity index (χ3n) is 4.19. The smallest absolute Gasteiger partial charge is 0.307 e. The summed E-state index contributed by atoms with van der Waals surface area (Å²) in [4.78, 5) is 22.7. The van der Waals surface area contributed by atoms with E-state index in [0.29, 0.717) is 18.8 Å². The van der Waals surface area contributed by atoms with Gasteiger partial charge in [-0.15, -0.1) is 0 Å². The van der Waals surface area contributed by atoms with E-state index in [9.17, 15) is 9.59 Å². The van der Waals surface area contributed by atoms with Gasteiger partial charge < -0.3 is 5.11 Å². The van der Waals surface area contributed by atoms with Crippen molar-refractivity contribution in [2.24, 2.45) is 23.2 Å². The minimum atomic E-state index is -0.795.